The predicted octanol–water partition coefficient (Wildman–Crippen LogP) is 5.46. The van der Waals surface area contributed by atoms with E-state index in [2.05, 4.69) is 16.0 Å². The third-order valence-electron chi connectivity index (χ3n) is 3.97. The van der Waals surface area contributed by atoms with E-state index in [0.717, 1.165) is 0 Å². The summed E-state index contributed by atoms with van der Waals surface area (Å²) < 4.78 is 0. The number of carbonyl (C=O) groups is 3. The molecule has 6 nitrogen and oxygen atoms in total. The maximum atomic E-state index is 12.5. The lowest BCUT2D eigenvalue weighted by Gasteiger charge is -2.09. The zero-order valence-electron chi connectivity index (χ0n) is 15.8. The third kappa shape index (κ3) is 5.83. The number of hydrogen-bond acceptors (Lipinski definition) is 3. The molecule has 0 bridgehead atoms. The lowest BCUT2D eigenvalue weighted by atomic mass is 10.1. The van der Waals surface area contributed by atoms with Crippen LogP contribution in [0.1, 0.15) is 27.6 Å². The highest BCUT2D eigenvalue weighted by atomic mass is 35.5. The molecule has 0 radical (unpaired) electrons. The molecule has 0 saturated carbocycles. The molecule has 0 atom stereocenters. The van der Waals surface area contributed by atoms with Crippen molar-refractivity contribution in [3.8, 4) is 0 Å². The van der Waals surface area contributed by atoms with Gasteiger partial charge in [-0.15, -0.1) is 0 Å². The fourth-order valence-electron chi connectivity index (χ4n) is 2.67. The van der Waals surface area contributed by atoms with Gasteiger partial charge in [0.25, 0.3) is 11.8 Å². The van der Waals surface area contributed by atoms with Crippen LogP contribution in [0.15, 0.2) is 66.7 Å². The quantitative estimate of drug-likeness (QED) is 0.491. The molecule has 8 heteroatoms. The van der Waals surface area contributed by atoms with Gasteiger partial charge in [0, 0.05) is 45.2 Å². The van der Waals surface area contributed by atoms with Crippen LogP contribution in [-0.4, -0.2) is 17.7 Å². The monoisotopic (exact) mass is 441 g/mol. The lowest BCUT2D eigenvalue weighted by Crippen LogP contribution is -2.14. The Morgan fingerprint density at radius 1 is 0.633 bits per heavy atom. The van der Waals surface area contributed by atoms with Crippen molar-refractivity contribution in [3.05, 3.63) is 87.9 Å². The molecule has 3 aromatic rings. The van der Waals surface area contributed by atoms with Crippen molar-refractivity contribution in [2.24, 2.45) is 0 Å². The Morgan fingerprint density at radius 2 is 1.17 bits per heavy atom. The zero-order chi connectivity index (χ0) is 21.7. The highest BCUT2D eigenvalue weighted by Gasteiger charge is 2.10. The minimum atomic E-state index is -0.369. The Bertz CT molecular complexity index is 1090. The first-order chi connectivity index (χ1) is 14.3. The fourth-order valence-corrected chi connectivity index (χ4v) is 3.20. The maximum Gasteiger partial charge on any atom is 0.255 e. The van der Waals surface area contributed by atoms with E-state index in [9.17, 15) is 14.4 Å². The smallest absolute Gasteiger partial charge is 0.255 e. The van der Waals surface area contributed by atoms with Crippen molar-refractivity contribution in [1.29, 1.82) is 0 Å². The molecule has 30 heavy (non-hydrogen) atoms. The second-order valence-electron chi connectivity index (χ2n) is 6.41. The minimum Gasteiger partial charge on any atom is -0.326 e. The number of nitrogens with one attached hydrogen (secondary N) is 3. The summed E-state index contributed by atoms with van der Waals surface area (Å²) in [6, 6.07) is 17.8. The van der Waals surface area contributed by atoms with Crippen molar-refractivity contribution in [3.63, 3.8) is 0 Å². The Hall–Kier alpha value is -3.35. The van der Waals surface area contributed by atoms with Crippen LogP contribution in [-0.2, 0) is 4.79 Å². The number of anilines is 3. The predicted molar refractivity (Wildman–Crippen MR) is 120 cm³/mol. The summed E-state index contributed by atoms with van der Waals surface area (Å²) in [7, 11) is 0. The minimum absolute atomic E-state index is 0.198. The highest BCUT2D eigenvalue weighted by molar-refractivity contribution is 6.35. The van der Waals surface area contributed by atoms with E-state index < -0.39 is 0 Å². The summed E-state index contributed by atoms with van der Waals surface area (Å²) in [6.45, 7) is 1.41. The number of amides is 3. The van der Waals surface area contributed by atoms with Gasteiger partial charge in [0.1, 0.15) is 0 Å². The van der Waals surface area contributed by atoms with Gasteiger partial charge in [0.15, 0.2) is 0 Å². The molecule has 0 fully saturated rings. The van der Waals surface area contributed by atoms with Crippen molar-refractivity contribution in [2.75, 3.05) is 16.0 Å². The van der Waals surface area contributed by atoms with Gasteiger partial charge >= 0.3 is 0 Å². The molecule has 0 saturated heterocycles. The Morgan fingerprint density at radius 3 is 1.77 bits per heavy atom. The van der Waals surface area contributed by atoms with Crippen molar-refractivity contribution in [2.45, 2.75) is 6.92 Å². The molecular weight excluding hydrogens is 425 g/mol. The lowest BCUT2D eigenvalue weighted by molar-refractivity contribution is -0.114. The van der Waals surface area contributed by atoms with Crippen LogP contribution in [0.5, 0.6) is 0 Å². The van der Waals surface area contributed by atoms with Gasteiger partial charge in [-0.1, -0.05) is 29.3 Å². The Balaban J connectivity index is 1.65. The molecule has 0 aliphatic heterocycles. The number of benzene rings is 3. The van der Waals surface area contributed by atoms with E-state index in [4.69, 9.17) is 23.2 Å². The molecule has 152 valence electrons. The molecule has 0 heterocycles. The maximum absolute atomic E-state index is 12.5. The molecular formula is C22H17Cl2N3O3. The number of rotatable bonds is 5. The van der Waals surface area contributed by atoms with Gasteiger partial charge < -0.3 is 16.0 Å². The van der Waals surface area contributed by atoms with Crippen LogP contribution in [0.2, 0.25) is 10.0 Å². The van der Waals surface area contributed by atoms with Gasteiger partial charge in [-0.05, 0) is 60.7 Å². The average molecular weight is 442 g/mol. The molecule has 3 aromatic carbocycles. The van der Waals surface area contributed by atoms with Crippen LogP contribution >= 0.6 is 23.2 Å². The molecule has 0 spiro atoms. The van der Waals surface area contributed by atoms with Crippen LogP contribution in [0.4, 0.5) is 17.1 Å². The Kier molecular flexibility index (Phi) is 6.72. The molecule has 3 N–H and O–H groups in total. The second kappa shape index (κ2) is 9.43. The third-order valence-corrected chi connectivity index (χ3v) is 4.41. The summed E-state index contributed by atoms with van der Waals surface area (Å²) in [4.78, 5) is 36.0. The molecule has 0 aromatic heterocycles. The normalized spacial score (nSPS) is 10.2. The molecule has 3 rings (SSSR count). The summed E-state index contributed by atoms with van der Waals surface area (Å²) in [5.41, 5.74) is 2.37. The van der Waals surface area contributed by atoms with Gasteiger partial charge in [-0.25, -0.2) is 0 Å². The van der Waals surface area contributed by atoms with Gasteiger partial charge in [-0.2, -0.15) is 0 Å². The van der Waals surface area contributed by atoms with Gasteiger partial charge in [0.05, 0.1) is 0 Å². The van der Waals surface area contributed by atoms with Crippen molar-refractivity contribution in [1.82, 2.24) is 0 Å². The van der Waals surface area contributed by atoms with Crippen molar-refractivity contribution < 1.29 is 14.4 Å². The topological polar surface area (TPSA) is 87.3 Å². The van der Waals surface area contributed by atoms with Crippen LogP contribution in [0.25, 0.3) is 0 Å². The largest absolute Gasteiger partial charge is 0.326 e. The Labute approximate surface area is 183 Å². The first kappa shape index (κ1) is 21.4. The highest BCUT2D eigenvalue weighted by Crippen LogP contribution is 2.21. The van der Waals surface area contributed by atoms with E-state index in [1.807, 2.05) is 0 Å². The summed E-state index contributed by atoms with van der Waals surface area (Å²) >= 11 is 11.8. The number of hydrogen-bond donors (Lipinski definition) is 3. The van der Waals surface area contributed by atoms with E-state index >= 15 is 0 Å². The van der Waals surface area contributed by atoms with Crippen LogP contribution in [0.3, 0.4) is 0 Å². The first-order valence-corrected chi connectivity index (χ1v) is 9.62. The SMILES string of the molecule is CC(=O)Nc1cccc(NC(=O)c2ccc(NC(=O)c3cc(Cl)cc(Cl)c3)cc2)c1. The van der Waals surface area contributed by atoms with E-state index in [1.165, 1.54) is 19.1 Å². The summed E-state index contributed by atoms with van der Waals surface area (Å²) in [5, 5.41) is 8.87. The molecule has 3 amide bonds. The molecule has 0 aliphatic carbocycles. The summed E-state index contributed by atoms with van der Waals surface area (Å²) in [5.74, 6) is -0.892. The van der Waals surface area contributed by atoms with Gasteiger partial charge in [-0.3, -0.25) is 14.4 Å². The first-order valence-electron chi connectivity index (χ1n) is 8.87. The second-order valence-corrected chi connectivity index (χ2v) is 7.28. The van der Waals surface area contributed by atoms with Gasteiger partial charge in [0.2, 0.25) is 5.91 Å². The van der Waals surface area contributed by atoms with Crippen molar-refractivity contribution >= 4 is 58.0 Å². The number of halogens is 2. The van der Waals surface area contributed by atoms with Crippen LogP contribution in [0, 0.1) is 0 Å². The van der Waals surface area contributed by atoms with E-state index in [-0.39, 0.29) is 17.7 Å². The van der Waals surface area contributed by atoms with E-state index in [1.54, 1.807) is 54.6 Å². The number of carbonyl (C=O) groups excluding carboxylic acids is 3. The fraction of sp³-hybridized carbons (Fsp3) is 0.0455. The average Bonchev–Trinajstić information content (AvgIpc) is 2.67. The van der Waals surface area contributed by atoms with Crippen LogP contribution < -0.4 is 16.0 Å². The molecule has 0 unspecified atom stereocenters. The van der Waals surface area contributed by atoms with E-state index in [0.29, 0.717) is 38.2 Å². The standard InChI is InChI=1S/C22H17Cl2N3O3/c1-13(28)25-19-3-2-4-20(12-19)27-21(29)14-5-7-18(8-6-14)26-22(30)15-9-16(23)11-17(24)10-15/h2-12H,1H3,(H,25,28)(H,26,30)(H,27,29). The molecule has 0 aliphatic rings. The zero-order valence-corrected chi connectivity index (χ0v) is 17.3. The summed E-state index contributed by atoms with van der Waals surface area (Å²) in [6.07, 6.45) is 0.